The first kappa shape index (κ1) is 17.2. The number of carbonyl (C=O) groups excluding carboxylic acids is 1. The normalized spacial score (nSPS) is 10.6. The van der Waals surface area contributed by atoms with Gasteiger partial charge in [0.05, 0.1) is 22.6 Å². The van der Waals surface area contributed by atoms with Crippen molar-refractivity contribution in [3.63, 3.8) is 0 Å². The van der Waals surface area contributed by atoms with Crippen LogP contribution in [0.25, 0.3) is 0 Å². The number of aryl methyl sites for hydroxylation is 1. The zero-order chi connectivity index (χ0) is 17.8. The van der Waals surface area contributed by atoms with Crippen LogP contribution in [-0.2, 0) is 6.54 Å². The van der Waals surface area contributed by atoms with E-state index in [0.29, 0.717) is 10.7 Å². The maximum atomic E-state index is 12.2. The highest BCUT2D eigenvalue weighted by atomic mass is 32.2. The minimum Gasteiger partial charge on any atom is -0.467 e. The number of hydrogen-bond donors (Lipinski definition) is 1. The average molecular weight is 375 g/mol. The van der Waals surface area contributed by atoms with E-state index >= 15 is 0 Å². The summed E-state index contributed by atoms with van der Waals surface area (Å²) in [7, 11) is 0. The monoisotopic (exact) mass is 375 g/mol. The summed E-state index contributed by atoms with van der Waals surface area (Å²) in [4.78, 5) is 27.8. The minimum absolute atomic E-state index is 0.122. The number of nitrogens with one attached hydrogen (secondary N) is 1. The average Bonchev–Trinajstić information content (AvgIpc) is 3.24. The number of nitrogens with zero attached hydrogens (tertiary/aromatic N) is 2. The summed E-state index contributed by atoms with van der Waals surface area (Å²) in [6.45, 7) is 2.08. The molecule has 0 aliphatic carbocycles. The number of rotatable bonds is 6. The van der Waals surface area contributed by atoms with Crippen molar-refractivity contribution in [3.05, 3.63) is 69.1 Å². The molecule has 7 nitrogen and oxygen atoms in total. The second kappa shape index (κ2) is 7.49. The van der Waals surface area contributed by atoms with Gasteiger partial charge in [0.1, 0.15) is 5.76 Å². The topological polar surface area (TPSA) is 98.3 Å². The van der Waals surface area contributed by atoms with Crippen molar-refractivity contribution >= 4 is 34.7 Å². The molecule has 0 saturated heterocycles. The Kier molecular flexibility index (Phi) is 5.15. The summed E-state index contributed by atoms with van der Waals surface area (Å²) in [5.74, 6) is 0.204. The summed E-state index contributed by atoms with van der Waals surface area (Å²) < 4.78 is 5.86. The fraction of sp³-hybridized carbons (Fsp3) is 0.125. The van der Waals surface area contributed by atoms with E-state index in [1.165, 1.54) is 35.4 Å². The molecule has 0 spiro atoms. The fourth-order valence-electron chi connectivity index (χ4n) is 2.04. The van der Waals surface area contributed by atoms with Gasteiger partial charge in [0, 0.05) is 22.7 Å². The Labute approximate surface area is 151 Å². The summed E-state index contributed by atoms with van der Waals surface area (Å²) in [6.07, 6.45) is 1.51. The quantitative estimate of drug-likeness (QED) is 0.516. The van der Waals surface area contributed by atoms with E-state index in [1.54, 1.807) is 24.3 Å². The van der Waals surface area contributed by atoms with Crippen LogP contribution < -0.4 is 5.32 Å². The first-order valence-electron chi connectivity index (χ1n) is 7.22. The van der Waals surface area contributed by atoms with Crippen molar-refractivity contribution in [2.24, 2.45) is 0 Å². The molecular weight excluding hydrogens is 362 g/mol. The Hall–Kier alpha value is -2.65. The minimum atomic E-state index is -0.494. The Morgan fingerprint density at radius 1 is 1.44 bits per heavy atom. The SMILES string of the molecule is Cc1csc(Sc2ccc(C(=O)NCc3ccco3)cc2[N+](=O)[O-])n1. The maximum Gasteiger partial charge on any atom is 0.284 e. The zero-order valence-electron chi connectivity index (χ0n) is 13.1. The van der Waals surface area contributed by atoms with Gasteiger partial charge in [-0.1, -0.05) is 11.8 Å². The largest absolute Gasteiger partial charge is 0.467 e. The van der Waals surface area contributed by atoms with Crippen LogP contribution in [-0.4, -0.2) is 15.8 Å². The van der Waals surface area contributed by atoms with Gasteiger partial charge in [0.2, 0.25) is 0 Å². The molecule has 1 N–H and O–H groups in total. The first-order valence-corrected chi connectivity index (χ1v) is 8.91. The molecule has 9 heteroatoms. The van der Waals surface area contributed by atoms with Crippen molar-refractivity contribution < 1.29 is 14.1 Å². The molecule has 1 amide bonds. The standard InChI is InChI=1S/C16H13N3O4S2/c1-10-9-24-16(18-10)25-14-5-4-11(7-13(14)19(21)22)15(20)17-8-12-3-2-6-23-12/h2-7,9H,8H2,1H3,(H,17,20). The molecule has 0 fully saturated rings. The second-order valence-electron chi connectivity index (χ2n) is 5.06. The van der Waals surface area contributed by atoms with Crippen molar-refractivity contribution in [2.75, 3.05) is 0 Å². The number of nitro benzene ring substituents is 1. The lowest BCUT2D eigenvalue weighted by Crippen LogP contribution is -2.22. The molecule has 128 valence electrons. The first-order chi connectivity index (χ1) is 12.0. The molecule has 0 saturated carbocycles. The van der Waals surface area contributed by atoms with Crippen LogP contribution in [0.2, 0.25) is 0 Å². The van der Waals surface area contributed by atoms with Gasteiger partial charge in [-0.3, -0.25) is 14.9 Å². The lowest BCUT2D eigenvalue weighted by atomic mass is 10.2. The lowest BCUT2D eigenvalue weighted by Gasteiger charge is -2.06. The highest BCUT2D eigenvalue weighted by Crippen LogP contribution is 2.36. The van der Waals surface area contributed by atoms with Crippen molar-refractivity contribution in [1.82, 2.24) is 10.3 Å². The summed E-state index contributed by atoms with van der Waals surface area (Å²) in [5, 5.41) is 15.9. The van der Waals surface area contributed by atoms with Crippen molar-refractivity contribution in [3.8, 4) is 0 Å². The molecule has 0 aliphatic heterocycles. The van der Waals surface area contributed by atoms with Gasteiger partial charge in [-0.25, -0.2) is 4.98 Å². The van der Waals surface area contributed by atoms with E-state index < -0.39 is 10.8 Å². The number of amides is 1. The Bertz CT molecular complexity index is 906. The van der Waals surface area contributed by atoms with Crippen molar-refractivity contribution in [2.45, 2.75) is 22.7 Å². The fourth-order valence-corrected chi connectivity index (χ4v) is 3.92. The molecule has 1 aromatic carbocycles. The Balaban J connectivity index is 1.78. The van der Waals surface area contributed by atoms with E-state index in [-0.39, 0.29) is 17.8 Å². The number of furan rings is 1. The van der Waals surface area contributed by atoms with Crippen LogP contribution in [0.3, 0.4) is 0 Å². The van der Waals surface area contributed by atoms with Crippen LogP contribution in [0.4, 0.5) is 5.69 Å². The predicted octanol–water partition coefficient (Wildman–Crippen LogP) is 4.03. The predicted molar refractivity (Wildman–Crippen MR) is 93.9 cm³/mol. The van der Waals surface area contributed by atoms with Crippen LogP contribution in [0.5, 0.6) is 0 Å². The molecule has 0 atom stereocenters. The third kappa shape index (κ3) is 4.25. The van der Waals surface area contributed by atoms with Crippen LogP contribution in [0.15, 0.2) is 55.6 Å². The molecule has 2 heterocycles. The van der Waals surface area contributed by atoms with Gasteiger partial charge >= 0.3 is 0 Å². The van der Waals surface area contributed by atoms with Crippen LogP contribution in [0.1, 0.15) is 21.8 Å². The molecule has 0 bridgehead atoms. The highest BCUT2D eigenvalue weighted by Gasteiger charge is 2.19. The van der Waals surface area contributed by atoms with E-state index in [9.17, 15) is 14.9 Å². The molecule has 0 unspecified atom stereocenters. The summed E-state index contributed by atoms with van der Waals surface area (Å²) in [5.41, 5.74) is 0.963. The highest BCUT2D eigenvalue weighted by molar-refractivity contribution is 8.01. The van der Waals surface area contributed by atoms with Gasteiger partial charge in [0.25, 0.3) is 11.6 Å². The Morgan fingerprint density at radius 2 is 2.28 bits per heavy atom. The molecular formula is C16H13N3O4S2. The van der Waals surface area contributed by atoms with E-state index in [4.69, 9.17) is 4.42 Å². The summed E-state index contributed by atoms with van der Waals surface area (Å²) >= 11 is 2.64. The van der Waals surface area contributed by atoms with Gasteiger partial charge in [-0.15, -0.1) is 11.3 Å². The van der Waals surface area contributed by atoms with Crippen LogP contribution >= 0.6 is 23.1 Å². The molecule has 3 aromatic rings. The van der Waals surface area contributed by atoms with Gasteiger partial charge in [-0.2, -0.15) is 0 Å². The van der Waals surface area contributed by atoms with Crippen LogP contribution in [0, 0.1) is 17.0 Å². The third-order valence-electron chi connectivity index (χ3n) is 3.22. The smallest absolute Gasteiger partial charge is 0.284 e. The van der Waals surface area contributed by atoms with Gasteiger partial charge in [-0.05, 0) is 31.2 Å². The number of nitro groups is 1. The lowest BCUT2D eigenvalue weighted by molar-refractivity contribution is -0.387. The molecule has 3 rings (SSSR count). The van der Waals surface area contributed by atoms with Gasteiger partial charge in [0.15, 0.2) is 4.34 Å². The zero-order valence-corrected chi connectivity index (χ0v) is 14.7. The van der Waals surface area contributed by atoms with Gasteiger partial charge < -0.3 is 9.73 Å². The third-order valence-corrected chi connectivity index (χ3v) is 5.34. The Morgan fingerprint density at radius 3 is 2.92 bits per heavy atom. The van der Waals surface area contributed by atoms with E-state index in [2.05, 4.69) is 10.3 Å². The molecule has 25 heavy (non-hydrogen) atoms. The maximum absolute atomic E-state index is 12.2. The number of thiazole rings is 1. The summed E-state index contributed by atoms with van der Waals surface area (Å²) in [6, 6.07) is 7.87. The molecule has 0 radical (unpaired) electrons. The number of benzene rings is 1. The molecule has 0 aliphatic rings. The second-order valence-corrected chi connectivity index (χ2v) is 7.21. The van der Waals surface area contributed by atoms with Crippen molar-refractivity contribution in [1.29, 1.82) is 0 Å². The number of aromatic nitrogens is 1. The van der Waals surface area contributed by atoms with E-state index in [1.807, 2.05) is 12.3 Å². The van der Waals surface area contributed by atoms with E-state index in [0.717, 1.165) is 10.0 Å². The molecule has 2 aromatic heterocycles. The number of hydrogen-bond acceptors (Lipinski definition) is 7. The number of carbonyl (C=O) groups is 1.